The first-order chi connectivity index (χ1) is 12.9. The lowest BCUT2D eigenvalue weighted by Gasteiger charge is -2.39. The van der Waals surface area contributed by atoms with Crippen LogP contribution in [0.2, 0.25) is 0 Å². The van der Waals surface area contributed by atoms with Crippen LogP contribution in [0.4, 0.5) is 0 Å². The Morgan fingerprint density at radius 1 is 1.07 bits per heavy atom. The van der Waals surface area contributed by atoms with Crippen LogP contribution in [-0.2, 0) is 19.6 Å². The van der Waals surface area contributed by atoms with Crippen molar-refractivity contribution in [1.29, 1.82) is 0 Å². The van der Waals surface area contributed by atoms with E-state index < -0.39 is 10.0 Å². The summed E-state index contributed by atoms with van der Waals surface area (Å²) in [7, 11) is -3.30. The van der Waals surface area contributed by atoms with Crippen molar-refractivity contribution >= 4 is 15.9 Å². The zero-order valence-electron chi connectivity index (χ0n) is 16.6. The Morgan fingerprint density at radius 3 is 2.44 bits per heavy atom. The number of ether oxygens (including phenoxy) is 1. The average Bonchev–Trinajstić information content (AvgIpc) is 3.15. The fourth-order valence-electron chi connectivity index (χ4n) is 4.69. The molecule has 7 nitrogen and oxygen atoms in total. The molecule has 0 aromatic heterocycles. The molecule has 8 heteroatoms. The Kier molecular flexibility index (Phi) is 7.53. The molecule has 0 aromatic carbocycles. The number of hydrogen-bond donors (Lipinski definition) is 0. The van der Waals surface area contributed by atoms with Gasteiger partial charge in [0.2, 0.25) is 15.9 Å². The van der Waals surface area contributed by atoms with Crippen molar-refractivity contribution in [3.05, 3.63) is 0 Å². The minimum absolute atomic E-state index is 0.0951. The van der Waals surface area contributed by atoms with Gasteiger partial charge in [0.1, 0.15) is 0 Å². The number of sulfonamides is 1. The first kappa shape index (κ1) is 21.0. The molecule has 0 spiro atoms. The molecular formula is C19H35N3O4S. The third-order valence-electron chi connectivity index (χ3n) is 6.26. The molecule has 0 N–H and O–H groups in total. The lowest BCUT2D eigenvalue weighted by molar-refractivity contribution is -0.134. The monoisotopic (exact) mass is 401 g/mol. The SMILES string of the molecule is CS(=O)(=O)N(CCN1CCOCC1)C1CCCN(C(=O)CC2CCCC2)C1. The van der Waals surface area contributed by atoms with Gasteiger partial charge in [-0.3, -0.25) is 9.69 Å². The Bertz CT molecular complexity index is 586. The standard InChI is InChI=1S/C19H35N3O4S/c1-27(24,25)22(10-9-20-11-13-26-14-12-20)18-7-4-8-21(16-18)19(23)15-17-5-2-3-6-17/h17-18H,2-16H2,1H3. The van der Waals surface area contributed by atoms with Gasteiger partial charge < -0.3 is 9.64 Å². The Hall–Kier alpha value is -0.700. The van der Waals surface area contributed by atoms with Crippen molar-refractivity contribution in [2.24, 2.45) is 5.92 Å². The van der Waals surface area contributed by atoms with Gasteiger partial charge >= 0.3 is 0 Å². The van der Waals surface area contributed by atoms with E-state index in [1.807, 2.05) is 4.90 Å². The quantitative estimate of drug-likeness (QED) is 0.640. The Labute approximate surface area is 164 Å². The molecule has 27 heavy (non-hydrogen) atoms. The van der Waals surface area contributed by atoms with Gasteiger partial charge in [-0.05, 0) is 31.6 Å². The van der Waals surface area contributed by atoms with Gasteiger partial charge in [-0.1, -0.05) is 12.8 Å². The van der Waals surface area contributed by atoms with E-state index in [2.05, 4.69) is 4.90 Å². The van der Waals surface area contributed by atoms with E-state index in [-0.39, 0.29) is 11.9 Å². The summed E-state index contributed by atoms with van der Waals surface area (Å²) in [5.41, 5.74) is 0. The number of piperidine rings is 1. The van der Waals surface area contributed by atoms with Gasteiger partial charge in [0, 0.05) is 51.7 Å². The first-order valence-electron chi connectivity index (χ1n) is 10.5. The van der Waals surface area contributed by atoms with E-state index in [4.69, 9.17) is 4.74 Å². The molecule has 2 aliphatic heterocycles. The van der Waals surface area contributed by atoms with Crippen LogP contribution < -0.4 is 0 Å². The normalized spacial score (nSPS) is 26.0. The predicted molar refractivity (Wildman–Crippen MR) is 105 cm³/mol. The lowest BCUT2D eigenvalue weighted by Crippen LogP contribution is -2.53. The Balaban J connectivity index is 1.56. The van der Waals surface area contributed by atoms with Gasteiger partial charge in [-0.15, -0.1) is 0 Å². The maximum Gasteiger partial charge on any atom is 0.222 e. The minimum Gasteiger partial charge on any atom is -0.379 e. The molecular weight excluding hydrogens is 366 g/mol. The summed E-state index contributed by atoms with van der Waals surface area (Å²) in [6, 6.07) is -0.0951. The molecule has 3 rings (SSSR count). The summed E-state index contributed by atoms with van der Waals surface area (Å²) in [6.45, 7) is 5.67. The molecule has 0 bridgehead atoms. The smallest absolute Gasteiger partial charge is 0.222 e. The van der Waals surface area contributed by atoms with Crippen molar-refractivity contribution in [1.82, 2.24) is 14.1 Å². The largest absolute Gasteiger partial charge is 0.379 e. The summed E-state index contributed by atoms with van der Waals surface area (Å²) >= 11 is 0. The summed E-state index contributed by atoms with van der Waals surface area (Å²) in [5, 5.41) is 0. The van der Waals surface area contributed by atoms with E-state index in [0.717, 1.165) is 51.9 Å². The van der Waals surface area contributed by atoms with Crippen LogP contribution in [0.25, 0.3) is 0 Å². The number of morpholine rings is 1. The summed E-state index contributed by atoms with van der Waals surface area (Å²) < 4.78 is 31.9. The van der Waals surface area contributed by atoms with Crippen LogP contribution in [0.15, 0.2) is 0 Å². The van der Waals surface area contributed by atoms with Gasteiger partial charge in [-0.2, -0.15) is 4.31 Å². The van der Waals surface area contributed by atoms with E-state index in [1.165, 1.54) is 19.1 Å². The van der Waals surface area contributed by atoms with Crippen LogP contribution in [0.5, 0.6) is 0 Å². The molecule has 1 atom stereocenters. The highest BCUT2D eigenvalue weighted by molar-refractivity contribution is 7.88. The molecule has 1 saturated carbocycles. The highest BCUT2D eigenvalue weighted by atomic mass is 32.2. The fourth-order valence-corrected chi connectivity index (χ4v) is 5.82. The van der Waals surface area contributed by atoms with Crippen LogP contribution in [0.3, 0.4) is 0 Å². The third kappa shape index (κ3) is 6.14. The molecule has 3 aliphatic rings. The second kappa shape index (κ2) is 9.67. The van der Waals surface area contributed by atoms with E-state index in [9.17, 15) is 13.2 Å². The van der Waals surface area contributed by atoms with Crippen molar-refractivity contribution in [2.75, 3.05) is 58.7 Å². The molecule has 2 heterocycles. The molecule has 156 valence electrons. The molecule has 1 aliphatic carbocycles. The van der Waals surface area contributed by atoms with Gasteiger partial charge in [0.25, 0.3) is 0 Å². The van der Waals surface area contributed by atoms with Crippen molar-refractivity contribution in [3.8, 4) is 0 Å². The average molecular weight is 402 g/mol. The molecule has 0 radical (unpaired) electrons. The number of nitrogens with zero attached hydrogens (tertiary/aromatic N) is 3. The maximum atomic E-state index is 12.7. The summed E-state index contributed by atoms with van der Waals surface area (Å²) in [4.78, 5) is 16.9. The van der Waals surface area contributed by atoms with Crippen LogP contribution in [-0.4, -0.2) is 93.2 Å². The number of carbonyl (C=O) groups is 1. The first-order valence-corrected chi connectivity index (χ1v) is 12.3. The zero-order chi connectivity index (χ0) is 19.3. The highest BCUT2D eigenvalue weighted by Crippen LogP contribution is 2.29. The fraction of sp³-hybridized carbons (Fsp3) is 0.947. The van der Waals surface area contributed by atoms with E-state index >= 15 is 0 Å². The summed E-state index contributed by atoms with van der Waals surface area (Å²) in [5.74, 6) is 0.749. The maximum absolute atomic E-state index is 12.7. The topological polar surface area (TPSA) is 70.2 Å². The molecule has 1 amide bonds. The van der Waals surface area contributed by atoms with Crippen molar-refractivity contribution in [2.45, 2.75) is 51.0 Å². The van der Waals surface area contributed by atoms with Crippen LogP contribution >= 0.6 is 0 Å². The molecule has 1 unspecified atom stereocenters. The molecule has 0 aromatic rings. The van der Waals surface area contributed by atoms with E-state index in [1.54, 1.807) is 4.31 Å². The van der Waals surface area contributed by atoms with Crippen molar-refractivity contribution < 1.29 is 17.9 Å². The number of likely N-dealkylation sites (tertiary alicyclic amines) is 1. The number of amides is 1. The third-order valence-corrected chi connectivity index (χ3v) is 7.59. The van der Waals surface area contributed by atoms with Crippen molar-refractivity contribution in [3.63, 3.8) is 0 Å². The van der Waals surface area contributed by atoms with Gasteiger partial charge in [-0.25, -0.2) is 8.42 Å². The van der Waals surface area contributed by atoms with Crippen LogP contribution in [0.1, 0.15) is 44.9 Å². The molecule has 2 saturated heterocycles. The number of rotatable bonds is 7. The van der Waals surface area contributed by atoms with E-state index in [0.29, 0.717) is 38.6 Å². The minimum atomic E-state index is -3.30. The second-order valence-corrected chi connectivity index (χ2v) is 10.3. The predicted octanol–water partition coefficient (Wildman–Crippen LogP) is 1.15. The van der Waals surface area contributed by atoms with Gasteiger partial charge in [0.15, 0.2) is 0 Å². The highest BCUT2D eigenvalue weighted by Gasteiger charge is 2.33. The summed E-state index contributed by atoms with van der Waals surface area (Å²) in [6.07, 6.45) is 8.46. The second-order valence-electron chi connectivity index (χ2n) is 8.32. The lowest BCUT2D eigenvalue weighted by atomic mass is 10.0. The van der Waals surface area contributed by atoms with Gasteiger partial charge in [0.05, 0.1) is 19.5 Å². The Morgan fingerprint density at radius 2 is 1.78 bits per heavy atom. The number of hydrogen-bond acceptors (Lipinski definition) is 5. The number of carbonyl (C=O) groups excluding carboxylic acids is 1. The zero-order valence-corrected chi connectivity index (χ0v) is 17.5. The van der Waals surface area contributed by atoms with Crippen LogP contribution in [0, 0.1) is 5.92 Å². The molecule has 3 fully saturated rings.